The Labute approximate surface area is 131 Å². The molecule has 1 aliphatic carbocycles. The Morgan fingerprint density at radius 1 is 1.05 bits per heavy atom. The molecule has 0 saturated heterocycles. The third-order valence-electron chi connectivity index (χ3n) is 4.99. The Morgan fingerprint density at radius 2 is 1.67 bits per heavy atom. The molecule has 0 heterocycles. The van der Waals surface area contributed by atoms with Crippen LogP contribution in [0.5, 0.6) is 0 Å². The minimum absolute atomic E-state index is 0.256. The number of hydrogen-bond acceptors (Lipinski definition) is 1. The van der Waals surface area contributed by atoms with E-state index in [1.54, 1.807) is 0 Å². The van der Waals surface area contributed by atoms with Gasteiger partial charge >= 0.3 is 0 Å². The van der Waals surface area contributed by atoms with Crippen LogP contribution in [0, 0.1) is 5.41 Å². The molecule has 0 amide bonds. The van der Waals surface area contributed by atoms with E-state index in [-0.39, 0.29) is 5.41 Å². The highest BCUT2D eigenvalue weighted by Gasteiger charge is 2.33. The third kappa shape index (κ3) is 4.57. The Hall–Kier alpha value is -0.820. The first kappa shape index (κ1) is 16.5. The molecule has 0 bridgehead atoms. The quantitative estimate of drug-likeness (QED) is 0.719. The van der Waals surface area contributed by atoms with E-state index >= 15 is 0 Å². The highest BCUT2D eigenvalue weighted by atomic mass is 14.9. The van der Waals surface area contributed by atoms with Gasteiger partial charge in [0.15, 0.2) is 0 Å². The lowest BCUT2D eigenvalue weighted by atomic mass is 9.79. The minimum Gasteiger partial charge on any atom is -0.316 e. The lowest BCUT2D eigenvalue weighted by molar-refractivity contribution is 0.278. The molecule has 0 aromatic heterocycles. The van der Waals surface area contributed by atoms with E-state index in [4.69, 9.17) is 0 Å². The van der Waals surface area contributed by atoms with Gasteiger partial charge in [0.1, 0.15) is 0 Å². The molecule has 1 aromatic rings. The summed E-state index contributed by atoms with van der Waals surface area (Å²) < 4.78 is 0. The summed E-state index contributed by atoms with van der Waals surface area (Å²) in [6.45, 7) is 11.5. The normalized spacial score (nSPS) is 18.1. The monoisotopic (exact) mass is 287 g/mol. The zero-order valence-corrected chi connectivity index (χ0v) is 14.5. The number of benzene rings is 1. The van der Waals surface area contributed by atoms with Crippen molar-refractivity contribution in [2.24, 2.45) is 5.41 Å². The number of nitrogens with one attached hydrogen (secondary N) is 1. The fourth-order valence-corrected chi connectivity index (χ4v) is 3.63. The van der Waals surface area contributed by atoms with Crippen molar-refractivity contribution < 1.29 is 0 Å². The first-order valence-electron chi connectivity index (χ1n) is 8.75. The maximum atomic E-state index is 3.67. The van der Waals surface area contributed by atoms with Crippen LogP contribution in [0.4, 0.5) is 0 Å². The fraction of sp³-hybridized carbons (Fsp3) is 0.700. The summed E-state index contributed by atoms with van der Waals surface area (Å²) in [5, 5.41) is 3.67. The van der Waals surface area contributed by atoms with Gasteiger partial charge in [-0.2, -0.15) is 0 Å². The topological polar surface area (TPSA) is 12.0 Å². The Balaban J connectivity index is 2.03. The number of rotatable bonds is 6. The van der Waals surface area contributed by atoms with Crippen LogP contribution in [0.25, 0.3) is 0 Å². The van der Waals surface area contributed by atoms with Crippen LogP contribution in [-0.4, -0.2) is 13.1 Å². The molecule has 1 aromatic carbocycles. The number of hydrogen-bond donors (Lipinski definition) is 1. The molecule has 21 heavy (non-hydrogen) atoms. The standard InChI is InChI=1S/C20H33N/c1-5-14-21-16-20(12-6-7-13-20)15-17-8-10-18(11-9-17)19(2,3)4/h8-11,21H,5-7,12-16H2,1-4H3. The van der Waals surface area contributed by atoms with Gasteiger partial charge in [-0.15, -0.1) is 0 Å². The fourth-order valence-electron chi connectivity index (χ4n) is 3.63. The highest BCUT2D eigenvalue weighted by Crippen LogP contribution is 2.40. The second-order valence-electron chi connectivity index (χ2n) is 8.01. The van der Waals surface area contributed by atoms with Crippen molar-refractivity contribution in [1.82, 2.24) is 5.32 Å². The molecule has 1 fully saturated rings. The Kier molecular flexibility index (Phi) is 5.48. The molecule has 0 radical (unpaired) electrons. The summed E-state index contributed by atoms with van der Waals surface area (Å²) >= 11 is 0. The van der Waals surface area contributed by atoms with E-state index in [1.165, 1.54) is 56.2 Å². The molecule has 0 atom stereocenters. The molecule has 1 heteroatoms. The Bertz CT molecular complexity index is 418. The van der Waals surface area contributed by atoms with E-state index in [0.29, 0.717) is 5.41 Å². The molecule has 2 rings (SSSR count). The van der Waals surface area contributed by atoms with Crippen LogP contribution in [-0.2, 0) is 11.8 Å². The molecular weight excluding hydrogens is 254 g/mol. The average Bonchev–Trinajstić information content (AvgIpc) is 2.87. The van der Waals surface area contributed by atoms with Gasteiger partial charge in [0, 0.05) is 6.54 Å². The SMILES string of the molecule is CCCNCC1(Cc2ccc(C(C)(C)C)cc2)CCCC1. The smallest absolute Gasteiger partial charge is 0.00110 e. The maximum absolute atomic E-state index is 3.67. The van der Waals surface area contributed by atoms with Crippen molar-refractivity contribution in [3.05, 3.63) is 35.4 Å². The second kappa shape index (κ2) is 6.96. The van der Waals surface area contributed by atoms with Crippen LogP contribution < -0.4 is 5.32 Å². The Morgan fingerprint density at radius 3 is 2.19 bits per heavy atom. The van der Waals surface area contributed by atoms with Crippen molar-refractivity contribution >= 4 is 0 Å². The first-order chi connectivity index (χ1) is 9.95. The van der Waals surface area contributed by atoms with Crippen LogP contribution in [0.15, 0.2) is 24.3 Å². The van der Waals surface area contributed by atoms with Gasteiger partial charge in [-0.05, 0) is 54.2 Å². The molecule has 0 unspecified atom stereocenters. The predicted octanol–water partition coefficient (Wildman–Crippen LogP) is 5.09. The third-order valence-corrected chi connectivity index (χ3v) is 4.99. The minimum atomic E-state index is 0.256. The van der Waals surface area contributed by atoms with Crippen LogP contribution >= 0.6 is 0 Å². The van der Waals surface area contributed by atoms with Gasteiger partial charge in [-0.25, -0.2) is 0 Å². The second-order valence-corrected chi connectivity index (χ2v) is 8.01. The molecule has 1 N–H and O–H groups in total. The van der Waals surface area contributed by atoms with E-state index in [2.05, 4.69) is 57.3 Å². The van der Waals surface area contributed by atoms with Gasteiger partial charge in [-0.1, -0.05) is 64.8 Å². The molecule has 0 aliphatic heterocycles. The van der Waals surface area contributed by atoms with Crippen molar-refractivity contribution in [1.29, 1.82) is 0 Å². The van der Waals surface area contributed by atoms with Gasteiger partial charge in [0.2, 0.25) is 0 Å². The van der Waals surface area contributed by atoms with Gasteiger partial charge in [0.25, 0.3) is 0 Å². The van der Waals surface area contributed by atoms with E-state index < -0.39 is 0 Å². The molecule has 1 nitrogen and oxygen atoms in total. The summed E-state index contributed by atoms with van der Waals surface area (Å²) in [6, 6.07) is 9.38. The zero-order chi connectivity index (χ0) is 15.3. The zero-order valence-electron chi connectivity index (χ0n) is 14.5. The first-order valence-corrected chi connectivity index (χ1v) is 8.75. The summed E-state index contributed by atoms with van der Waals surface area (Å²) in [6.07, 6.45) is 8.09. The predicted molar refractivity (Wildman–Crippen MR) is 92.9 cm³/mol. The summed E-state index contributed by atoms with van der Waals surface area (Å²) in [7, 11) is 0. The van der Waals surface area contributed by atoms with E-state index in [0.717, 1.165) is 6.54 Å². The van der Waals surface area contributed by atoms with Crippen LogP contribution in [0.1, 0.15) is 70.9 Å². The molecule has 118 valence electrons. The van der Waals surface area contributed by atoms with Crippen molar-refractivity contribution in [3.8, 4) is 0 Å². The van der Waals surface area contributed by atoms with Gasteiger partial charge in [0.05, 0.1) is 0 Å². The van der Waals surface area contributed by atoms with E-state index in [9.17, 15) is 0 Å². The lowest BCUT2D eigenvalue weighted by Crippen LogP contribution is -2.34. The van der Waals surface area contributed by atoms with Crippen molar-refractivity contribution in [3.63, 3.8) is 0 Å². The van der Waals surface area contributed by atoms with Crippen LogP contribution in [0.3, 0.4) is 0 Å². The van der Waals surface area contributed by atoms with Crippen molar-refractivity contribution in [2.45, 2.75) is 71.6 Å². The summed E-state index contributed by atoms with van der Waals surface area (Å²) in [4.78, 5) is 0. The molecule has 0 spiro atoms. The van der Waals surface area contributed by atoms with Gasteiger partial charge < -0.3 is 5.32 Å². The van der Waals surface area contributed by atoms with Gasteiger partial charge in [-0.3, -0.25) is 0 Å². The molecule has 1 saturated carbocycles. The average molecular weight is 287 g/mol. The molecular formula is C20H33N. The van der Waals surface area contributed by atoms with E-state index in [1.807, 2.05) is 0 Å². The summed E-state index contributed by atoms with van der Waals surface area (Å²) in [5.74, 6) is 0. The van der Waals surface area contributed by atoms with Crippen LogP contribution in [0.2, 0.25) is 0 Å². The molecule has 1 aliphatic rings. The lowest BCUT2D eigenvalue weighted by Gasteiger charge is -2.30. The largest absolute Gasteiger partial charge is 0.316 e. The summed E-state index contributed by atoms with van der Waals surface area (Å²) in [5.41, 5.74) is 3.73. The van der Waals surface area contributed by atoms with Crippen molar-refractivity contribution in [2.75, 3.05) is 13.1 Å². The maximum Gasteiger partial charge on any atom is 0.00110 e. The highest BCUT2D eigenvalue weighted by molar-refractivity contribution is 5.28.